The molecule has 0 saturated heterocycles. The molecule has 0 spiro atoms. The number of carbonyl (C=O) groups excluding carboxylic acids is 1. The molecule has 3 nitrogen and oxygen atoms in total. The van der Waals surface area contributed by atoms with Gasteiger partial charge in [-0.05, 0) is 37.5 Å². The summed E-state index contributed by atoms with van der Waals surface area (Å²) in [6.07, 6.45) is 7.76. The Morgan fingerprint density at radius 2 is 2.05 bits per heavy atom. The summed E-state index contributed by atoms with van der Waals surface area (Å²) in [5, 5.41) is 0. The maximum absolute atomic E-state index is 12.4. The van der Waals surface area contributed by atoms with Crippen molar-refractivity contribution in [2.45, 2.75) is 51.9 Å². The van der Waals surface area contributed by atoms with Crippen LogP contribution in [0.5, 0.6) is 5.75 Å². The second-order valence-electron chi connectivity index (χ2n) is 5.65. The van der Waals surface area contributed by atoms with Crippen LogP contribution < -0.4 is 10.5 Å². The summed E-state index contributed by atoms with van der Waals surface area (Å²) < 4.78 is 5.62. The smallest absolute Gasteiger partial charge is 0.166 e. The van der Waals surface area contributed by atoms with Gasteiger partial charge in [0.2, 0.25) is 0 Å². The predicted molar refractivity (Wildman–Crippen MR) is 82.2 cm³/mol. The van der Waals surface area contributed by atoms with E-state index in [1.54, 1.807) is 6.07 Å². The molecule has 2 rings (SSSR count). The number of ketones is 1. The summed E-state index contributed by atoms with van der Waals surface area (Å²) in [7, 11) is 0. The van der Waals surface area contributed by atoms with Crippen LogP contribution in [0.15, 0.2) is 18.2 Å². The molecular formula is C17H25NO2. The lowest BCUT2D eigenvalue weighted by Gasteiger charge is -2.20. The maximum atomic E-state index is 12.4. The van der Waals surface area contributed by atoms with Crippen LogP contribution in [0.4, 0.5) is 5.69 Å². The van der Waals surface area contributed by atoms with Crippen molar-refractivity contribution in [3.05, 3.63) is 23.8 Å². The molecule has 20 heavy (non-hydrogen) atoms. The molecule has 0 atom stereocenters. The summed E-state index contributed by atoms with van der Waals surface area (Å²) in [5.41, 5.74) is 7.30. The van der Waals surface area contributed by atoms with E-state index in [-0.39, 0.29) is 11.7 Å². The van der Waals surface area contributed by atoms with Gasteiger partial charge >= 0.3 is 0 Å². The second-order valence-corrected chi connectivity index (χ2v) is 5.65. The monoisotopic (exact) mass is 275 g/mol. The number of carbonyl (C=O) groups is 1. The fraction of sp³-hybridized carbons (Fsp3) is 0.588. The van der Waals surface area contributed by atoms with E-state index in [2.05, 4.69) is 6.92 Å². The molecule has 0 unspecified atom stereocenters. The van der Waals surface area contributed by atoms with Crippen LogP contribution in [0, 0.1) is 5.92 Å². The van der Waals surface area contributed by atoms with Crippen LogP contribution in [0.3, 0.4) is 0 Å². The van der Waals surface area contributed by atoms with Gasteiger partial charge in [-0.3, -0.25) is 4.79 Å². The standard InChI is InChI=1S/C17H25NO2/c1-2-3-11-20-16-10-9-14(12-15(16)18)17(19)13-7-5-4-6-8-13/h9-10,12-13H,2-8,11,18H2,1H3. The Morgan fingerprint density at radius 3 is 2.70 bits per heavy atom. The molecule has 0 aliphatic heterocycles. The van der Waals surface area contributed by atoms with E-state index in [1.807, 2.05) is 12.1 Å². The molecule has 0 radical (unpaired) electrons. The average molecular weight is 275 g/mol. The number of rotatable bonds is 6. The van der Waals surface area contributed by atoms with Crippen LogP contribution >= 0.6 is 0 Å². The number of hydrogen-bond acceptors (Lipinski definition) is 3. The van der Waals surface area contributed by atoms with Gasteiger partial charge in [-0.25, -0.2) is 0 Å². The van der Waals surface area contributed by atoms with Crippen molar-refractivity contribution in [3.63, 3.8) is 0 Å². The molecule has 1 aromatic rings. The SMILES string of the molecule is CCCCOc1ccc(C(=O)C2CCCCC2)cc1N. The van der Waals surface area contributed by atoms with Gasteiger partial charge in [0.1, 0.15) is 5.75 Å². The van der Waals surface area contributed by atoms with Crippen molar-refractivity contribution in [1.29, 1.82) is 0 Å². The summed E-state index contributed by atoms with van der Waals surface area (Å²) in [4.78, 5) is 12.4. The zero-order valence-electron chi connectivity index (χ0n) is 12.4. The predicted octanol–water partition coefficient (Wildman–Crippen LogP) is 4.21. The number of unbranched alkanes of at least 4 members (excludes halogenated alkanes) is 1. The first-order chi connectivity index (χ1) is 9.72. The van der Waals surface area contributed by atoms with Gasteiger partial charge in [0, 0.05) is 11.5 Å². The third kappa shape index (κ3) is 3.75. The highest BCUT2D eigenvalue weighted by Crippen LogP contribution is 2.29. The summed E-state index contributed by atoms with van der Waals surface area (Å²) in [6.45, 7) is 2.80. The van der Waals surface area contributed by atoms with E-state index >= 15 is 0 Å². The Morgan fingerprint density at radius 1 is 1.30 bits per heavy atom. The largest absolute Gasteiger partial charge is 0.491 e. The number of benzene rings is 1. The maximum Gasteiger partial charge on any atom is 0.166 e. The normalized spacial score (nSPS) is 16.1. The fourth-order valence-electron chi connectivity index (χ4n) is 2.76. The topological polar surface area (TPSA) is 52.3 Å². The third-order valence-corrected chi connectivity index (χ3v) is 4.03. The van der Waals surface area contributed by atoms with Crippen molar-refractivity contribution in [3.8, 4) is 5.75 Å². The second kappa shape index (κ2) is 7.32. The van der Waals surface area contributed by atoms with Crippen LogP contribution in [-0.4, -0.2) is 12.4 Å². The highest BCUT2D eigenvalue weighted by Gasteiger charge is 2.22. The highest BCUT2D eigenvalue weighted by atomic mass is 16.5. The number of Topliss-reactive ketones (excluding diaryl/α,β-unsaturated/α-hetero) is 1. The molecule has 1 aliphatic carbocycles. The molecule has 1 aromatic carbocycles. The zero-order chi connectivity index (χ0) is 14.4. The molecule has 110 valence electrons. The van der Waals surface area contributed by atoms with E-state index in [0.29, 0.717) is 18.0 Å². The lowest BCUT2D eigenvalue weighted by Crippen LogP contribution is -2.18. The minimum atomic E-state index is 0.190. The van der Waals surface area contributed by atoms with Crippen LogP contribution in [0.2, 0.25) is 0 Å². The molecule has 1 fully saturated rings. The summed E-state index contributed by atoms with van der Waals surface area (Å²) in [5.74, 6) is 1.13. The Hall–Kier alpha value is -1.51. The van der Waals surface area contributed by atoms with Gasteiger partial charge in [0.05, 0.1) is 12.3 Å². The van der Waals surface area contributed by atoms with Crippen molar-refractivity contribution in [2.24, 2.45) is 5.92 Å². The highest BCUT2D eigenvalue weighted by molar-refractivity contribution is 5.98. The van der Waals surface area contributed by atoms with E-state index in [0.717, 1.165) is 31.2 Å². The quantitative estimate of drug-likeness (QED) is 0.480. The molecule has 1 aliphatic rings. The zero-order valence-corrected chi connectivity index (χ0v) is 12.4. The first-order valence-corrected chi connectivity index (χ1v) is 7.79. The third-order valence-electron chi connectivity index (χ3n) is 4.03. The van der Waals surface area contributed by atoms with Crippen LogP contribution in [0.1, 0.15) is 62.2 Å². The number of nitrogens with two attached hydrogens (primary N) is 1. The van der Waals surface area contributed by atoms with Crippen molar-refractivity contribution < 1.29 is 9.53 Å². The lowest BCUT2D eigenvalue weighted by molar-refractivity contribution is 0.0889. The van der Waals surface area contributed by atoms with Crippen molar-refractivity contribution in [2.75, 3.05) is 12.3 Å². The van der Waals surface area contributed by atoms with Gasteiger partial charge in [-0.1, -0.05) is 32.6 Å². The minimum absolute atomic E-state index is 0.190. The summed E-state index contributed by atoms with van der Waals surface area (Å²) >= 11 is 0. The number of ether oxygens (including phenoxy) is 1. The molecular weight excluding hydrogens is 250 g/mol. The van der Waals surface area contributed by atoms with E-state index in [9.17, 15) is 4.79 Å². The first-order valence-electron chi connectivity index (χ1n) is 7.79. The van der Waals surface area contributed by atoms with Gasteiger partial charge in [-0.15, -0.1) is 0 Å². The van der Waals surface area contributed by atoms with E-state index in [4.69, 9.17) is 10.5 Å². The molecule has 0 amide bonds. The van der Waals surface area contributed by atoms with Gasteiger partial charge in [-0.2, -0.15) is 0 Å². The number of anilines is 1. The first kappa shape index (κ1) is 14.9. The molecule has 1 saturated carbocycles. The number of hydrogen-bond donors (Lipinski definition) is 1. The summed E-state index contributed by atoms with van der Waals surface area (Å²) in [6, 6.07) is 5.47. The van der Waals surface area contributed by atoms with Gasteiger partial charge in [0.15, 0.2) is 5.78 Å². The van der Waals surface area contributed by atoms with Crippen LogP contribution in [0.25, 0.3) is 0 Å². The Balaban J connectivity index is 2.02. The Bertz CT molecular complexity index is 450. The van der Waals surface area contributed by atoms with Crippen molar-refractivity contribution in [1.82, 2.24) is 0 Å². The molecule has 0 heterocycles. The van der Waals surface area contributed by atoms with Gasteiger partial charge < -0.3 is 10.5 Å². The average Bonchev–Trinajstić information content (AvgIpc) is 2.49. The number of nitrogen functional groups attached to an aromatic ring is 1. The fourth-order valence-corrected chi connectivity index (χ4v) is 2.76. The van der Waals surface area contributed by atoms with Gasteiger partial charge in [0.25, 0.3) is 0 Å². The van der Waals surface area contributed by atoms with E-state index in [1.165, 1.54) is 19.3 Å². The van der Waals surface area contributed by atoms with Crippen LogP contribution in [-0.2, 0) is 0 Å². The minimum Gasteiger partial charge on any atom is -0.491 e. The Kier molecular flexibility index (Phi) is 5.45. The molecule has 2 N–H and O–H groups in total. The lowest BCUT2D eigenvalue weighted by atomic mass is 9.84. The molecule has 3 heteroatoms. The molecule has 0 aromatic heterocycles. The Labute approximate surface area is 121 Å². The van der Waals surface area contributed by atoms with Crippen molar-refractivity contribution >= 4 is 11.5 Å². The molecule has 0 bridgehead atoms. The van der Waals surface area contributed by atoms with E-state index < -0.39 is 0 Å².